The molecule has 0 aliphatic rings. The summed E-state index contributed by atoms with van der Waals surface area (Å²) in [4.78, 5) is 10.4. The standard InChI is InChI=1S/C13H15NO5S/c1-9(14-20(17,18)7-6-13(15)16)12-8-10-4-2-3-5-11(10)19-12/h2-5,8-9,14H,6-7H2,1H3,(H,15,16). The predicted molar refractivity (Wildman–Crippen MR) is 73.8 cm³/mol. The van der Waals surface area contributed by atoms with Gasteiger partial charge < -0.3 is 9.52 Å². The van der Waals surface area contributed by atoms with Crippen molar-refractivity contribution in [1.29, 1.82) is 0 Å². The third-order valence-electron chi connectivity index (χ3n) is 2.81. The molecule has 0 aliphatic carbocycles. The van der Waals surface area contributed by atoms with Crippen molar-refractivity contribution in [2.45, 2.75) is 19.4 Å². The molecule has 0 fully saturated rings. The molecule has 0 saturated heterocycles. The molecule has 7 heteroatoms. The zero-order valence-electron chi connectivity index (χ0n) is 10.9. The van der Waals surface area contributed by atoms with Gasteiger partial charge in [-0.3, -0.25) is 4.79 Å². The summed E-state index contributed by atoms with van der Waals surface area (Å²) in [5.74, 6) is -1.11. The number of hydrogen-bond donors (Lipinski definition) is 2. The van der Waals surface area contributed by atoms with Crippen molar-refractivity contribution in [3.8, 4) is 0 Å². The zero-order chi connectivity index (χ0) is 14.8. The number of rotatable bonds is 6. The molecule has 2 rings (SSSR count). The molecule has 0 aliphatic heterocycles. The first-order chi connectivity index (χ1) is 9.37. The van der Waals surface area contributed by atoms with Crippen LogP contribution in [0.25, 0.3) is 11.0 Å². The molecule has 0 saturated carbocycles. The highest BCUT2D eigenvalue weighted by Crippen LogP contribution is 2.23. The van der Waals surface area contributed by atoms with Crippen molar-refractivity contribution in [2.24, 2.45) is 0 Å². The van der Waals surface area contributed by atoms with Crippen LogP contribution < -0.4 is 4.72 Å². The predicted octanol–water partition coefficient (Wildman–Crippen LogP) is 1.89. The van der Waals surface area contributed by atoms with Crippen LogP contribution in [0.5, 0.6) is 0 Å². The molecule has 0 amide bonds. The molecular formula is C13H15NO5S. The molecule has 1 atom stereocenters. The van der Waals surface area contributed by atoms with E-state index >= 15 is 0 Å². The number of fused-ring (bicyclic) bond motifs is 1. The summed E-state index contributed by atoms with van der Waals surface area (Å²) in [6.45, 7) is 1.65. The third-order valence-corrected chi connectivity index (χ3v) is 4.27. The molecular weight excluding hydrogens is 282 g/mol. The van der Waals surface area contributed by atoms with E-state index in [9.17, 15) is 13.2 Å². The quantitative estimate of drug-likeness (QED) is 0.848. The van der Waals surface area contributed by atoms with E-state index in [4.69, 9.17) is 9.52 Å². The van der Waals surface area contributed by atoms with Gasteiger partial charge in [-0.05, 0) is 19.1 Å². The summed E-state index contributed by atoms with van der Waals surface area (Å²) in [6.07, 6.45) is -0.428. The minimum Gasteiger partial charge on any atom is -0.481 e. The summed E-state index contributed by atoms with van der Waals surface area (Å²) < 4.78 is 31.4. The van der Waals surface area contributed by atoms with Gasteiger partial charge in [0.05, 0.1) is 18.2 Å². The smallest absolute Gasteiger partial charge is 0.304 e. The number of hydrogen-bond acceptors (Lipinski definition) is 4. The van der Waals surface area contributed by atoms with Crippen LogP contribution >= 0.6 is 0 Å². The summed E-state index contributed by atoms with van der Waals surface area (Å²) in [5.41, 5.74) is 0.680. The van der Waals surface area contributed by atoms with E-state index in [1.165, 1.54) is 0 Å². The Morgan fingerprint density at radius 2 is 2.10 bits per heavy atom. The van der Waals surface area contributed by atoms with Gasteiger partial charge in [-0.15, -0.1) is 0 Å². The Morgan fingerprint density at radius 1 is 1.40 bits per heavy atom. The van der Waals surface area contributed by atoms with Crippen LogP contribution in [0.15, 0.2) is 34.7 Å². The van der Waals surface area contributed by atoms with Gasteiger partial charge >= 0.3 is 5.97 Å². The Morgan fingerprint density at radius 3 is 2.75 bits per heavy atom. The number of carboxylic acids is 1. The second-order valence-corrected chi connectivity index (χ2v) is 6.36. The molecule has 20 heavy (non-hydrogen) atoms. The van der Waals surface area contributed by atoms with Gasteiger partial charge in [0, 0.05) is 5.39 Å². The Bertz CT molecular complexity index is 686. The van der Waals surface area contributed by atoms with Gasteiger partial charge in [-0.1, -0.05) is 18.2 Å². The van der Waals surface area contributed by atoms with Crippen molar-refractivity contribution in [2.75, 3.05) is 5.75 Å². The topological polar surface area (TPSA) is 96.6 Å². The maximum atomic E-state index is 11.7. The van der Waals surface area contributed by atoms with Crippen molar-refractivity contribution in [3.05, 3.63) is 36.1 Å². The number of carboxylic acid groups (broad SMARTS) is 1. The normalized spacial score (nSPS) is 13.4. The lowest BCUT2D eigenvalue weighted by atomic mass is 10.2. The monoisotopic (exact) mass is 297 g/mol. The van der Waals surface area contributed by atoms with E-state index in [0.717, 1.165) is 5.39 Å². The number of nitrogens with one attached hydrogen (secondary N) is 1. The van der Waals surface area contributed by atoms with Gasteiger partial charge in [-0.2, -0.15) is 0 Å². The van der Waals surface area contributed by atoms with Crippen LogP contribution in [0.2, 0.25) is 0 Å². The van der Waals surface area contributed by atoms with E-state index in [1.807, 2.05) is 18.2 Å². The van der Waals surface area contributed by atoms with Gasteiger partial charge in [-0.25, -0.2) is 13.1 Å². The van der Waals surface area contributed by atoms with E-state index in [0.29, 0.717) is 11.3 Å². The average Bonchev–Trinajstić information content (AvgIpc) is 2.80. The van der Waals surface area contributed by atoms with Crippen LogP contribution in [0.4, 0.5) is 0 Å². The van der Waals surface area contributed by atoms with Crippen molar-refractivity contribution in [1.82, 2.24) is 4.72 Å². The van der Waals surface area contributed by atoms with E-state index in [-0.39, 0.29) is 0 Å². The first-order valence-electron chi connectivity index (χ1n) is 6.08. The lowest BCUT2D eigenvalue weighted by molar-refractivity contribution is -0.136. The first-order valence-corrected chi connectivity index (χ1v) is 7.73. The number of para-hydroxylation sites is 1. The molecule has 0 spiro atoms. The highest BCUT2D eigenvalue weighted by molar-refractivity contribution is 7.89. The minimum absolute atomic E-state index is 0.428. The van der Waals surface area contributed by atoms with Gasteiger partial charge in [0.15, 0.2) is 0 Å². The van der Waals surface area contributed by atoms with Crippen molar-refractivity contribution < 1.29 is 22.7 Å². The largest absolute Gasteiger partial charge is 0.481 e. The van der Waals surface area contributed by atoms with Crippen LogP contribution in [0.3, 0.4) is 0 Å². The Labute approximate surface area is 116 Å². The zero-order valence-corrected chi connectivity index (χ0v) is 11.7. The summed E-state index contributed by atoms with van der Waals surface area (Å²) in [7, 11) is -3.65. The molecule has 6 nitrogen and oxygen atoms in total. The number of sulfonamides is 1. The lowest BCUT2D eigenvalue weighted by Crippen LogP contribution is -2.29. The maximum Gasteiger partial charge on any atom is 0.304 e. The van der Waals surface area contributed by atoms with Crippen molar-refractivity contribution >= 4 is 27.0 Å². The van der Waals surface area contributed by atoms with Crippen LogP contribution in [-0.4, -0.2) is 25.2 Å². The van der Waals surface area contributed by atoms with E-state index < -0.39 is 34.2 Å². The fraction of sp³-hybridized carbons (Fsp3) is 0.308. The van der Waals surface area contributed by atoms with Gasteiger partial charge in [0.2, 0.25) is 10.0 Å². The highest BCUT2D eigenvalue weighted by atomic mass is 32.2. The second-order valence-electron chi connectivity index (χ2n) is 4.49. The maximum absolute atomic E-state index is 11.7. The average molecular weight is 297 g/mol. The molecule has 0 radical (unpaired) electrons. The summed E-state index contributed by atoms with van der Waals surface area (Å²) in [5, 5.41) is 9.40. The molecule has 1 unspecified atom stereocenters. The molecule has 108 valence electrons. The Kier molecular flexibility index (Phi) is 4.10. The van der Waals surface area contributed by atoms with Crippen LogP contribution in [-0.2, 0) is 14.8 Å². The number of furan rings is 1. The third kappa shape index (κ3) is 3.58. The number of carbonyl (C=O) groups is 1. The fourth-order valence-electron chi connectivity index (χ4n) is 1.82. The van der Waals surface area contributed by atoms with Gasteiger partial charge in [0.1, 0.15) is 11.3 Å². The van der Waals surface area contributed by atoms with Gasteiger partial charge in [0.25, 0.3) is 0 Å². The molecule has 1 aromatic heterocycles. The molecule has 2 N–H and O–H groups in total. The highest BCUT2D eigenvalue weighted by Gasteiger charge is 2.19. The van der Waals surface area contributed by atoms with E-state index in [2.05, 4.69) is 4.72 Å². The molecule has 2 aromatic rings. The fourth-order valence-corrected chi connectivity index (χ4v) is 3.04. The summed E-state index contributed by atoms with van der Waals surface area (Å²) >= 11 is 0. The SMILES string of the molecule is CC(NS(=O)(=O)CCC(=O)O)c1cc2ccccc2o1. The van der Waals surface area contributed by atoms with Crippen LogP contribution in [0.1, 0.15) is 25.1 Å². The number of aliphatic carboxylic acids is 1. The first kappa shape index (κ1) is 14.5. The minimum atomic E-state index is -3.65. The second kappa shape index (κ2) is 5.64. The van der Waals surface area contributed by atoms with E-state index in [1.54, 1.807) is 19.1 Å². The molecule has 0 bridgehead atoms. The number of benzene rings is 1. The molecule has 1 heterocycles. The Balaban J connectivity index is 2.11. The lowest BCUT2D eigenvalue weighted by Gasteiger charge is -2.11. The Hall–Kier alpha value is -1.86. The molecule has 1 aromatic carbocycles. The van der Waals surface area contributed by atoms with Crippen molar-refractivity contribution in [3.63, 3.8) is 0 Å². The summed E-state index contributed by atoms with van der Waals surface area (Å²) in [6, 6.07) is 8.57. The van der Waals surface area contributed by atoms with Crippen LogP contribution in [0, 0.1) is 0 Å².